The van der Waals surface area contributed by atoms with E-state index >= 15 is 0 Å². The van der Waals surface area contributed by atoms with Gasteiger partial charge in [0.1, 0.15) is 4.90 Å². The van der Waals surface area contributed by atoms with E-state index in [1.165, 1.54) is 13.1 Å². The molecule has 0 bridgehead atoms. The third-order valence-electron chi connectivity index (χ3n) is 3.41. The number of rotatable bonds is 4. The zero-order chi connectivity index (χ0) is 18.8. The van der Waals surface area contributed by atoms with E-state index in [2.05, 4.69) is 0 Å². The molecule has 0 N–H and O–H groups in total. The van der Waals surface area contributed by atoms with Crippen molar-refractivity contribution in [2.75, 3.05) is 7.05 Å². The van der Waals surface area contributed by atoms with Crippen LogP contribution in [0.2, 0.25) is 5.02 Å². The molecule has 0 atom stereocenters. The van der Waals surface area contributed by atoms with Crippen LogP contribution in [0, 0.1) is 11.3 Å². The molecule has 2 aromatic carbocycles. The van der Waals surface area contributed by atoms with Crippen LogP contribution in [0.4, 0.5) is 13.2 Å². The van der Waals surface area contributed by atoms with Crippen LogP contribution in [0.15, 0.2) is 47.4 Å². The van der Waals surface area contributed by atoms with Crippen LogP contribution in [0.3, 0.4) is 0 Å². The molecular formula is C16H12ClF3N2O2S. The highest BCUT2D eigenvalue weighted by atomic mass is 35.5. The number of alkyl halides is 3. The summed E-state index contributed by atoms with van der Waals surface area (Å²) in [6, 6.07) is 10.3. The number of nitriles is 1. The molecular weight excluding hydrogens is 377 g/mol. The molecule has 25 heavy (non-hydrogen) atoms. The molecule has 4 nitrogen and oxygen atoms in total. The number of hydrogen-bond acceptors (Lipinski definition) is 3. The summed E-state index contributed by atoms with van der Waals surface area (Å²) in [4.78, 5) is -0.622. The number of sulfonamides is 1. The van der Waals surface area contributed by atoms with E-state index in [-0.39, 0.29) is 11.6 Å². The van der Waals surface area contributed by atoms with Crippen LogP contribution in [-0.4, -0.2) is 19.8 Å². The van der Waals surface area contributed by atoms with E-state index in [9.17, 15) is 21.6 Å². The number of benzene rings is 2. The van der Waals surface area contributed by atoms with E-state index in [1.54, 1.807) is 18.2 Å². The van der Waals surface area contributed by atoms with Gasteiger partial charge in [0.2, 0.25) is 10.0 Å². The summed E-state index contributed by atoms with van der Waals surface area (Å²) in [7, 11) is -3.02. The van der Waals surface area contributed by atoms with Crippen molar-refractivity contribution >= 4 is 21.6 Å². The first-order chi connectivity index (χ1) is 11.6. The molecule has 9 heteroatoms. The standard InChI is InChI=1S/C16H12ClF3N2O2S/c1-22(10-12-4-2-3-11(7-12)9-21)25(23,24)15-8-13(16(18,19)20)5-6-14(15)17/h2-8H,10H2,1H3. The Morgan fingerprint density at radius 3 is 2.48 bits per heavy atom. The van der Waals surface area contributed by atoms with Crippen molar-refractivity contribution in [2.24, 2.45) is 0 Å². The highest BCUT2D eigenvalue weighted by Crippen LogP contribution is 2.34. The number of halogens is 4. The fraction of sp³-hybridized carbons (Fsp3) is 0.188. The van der Waals surface area contributed by atoms with Gasteiger partial charge in [-0.05, 0) is 35.9 Å². The Kier molecular flexibility index (Phi) is 5.42. The molecule has 0 aliphatic rings. The second kappa shape index (κ2) is 7.04. The van der Waals surface area contributed by atoms with Gasteiger partial charge < -0.3 is 0 Å². The van der Waals surface area contributed by atoms with E-state index in [1.807, 2.05) is 6.07 Å². The molecule has 0 amide bonds. The lowest BCUT2D eigenvalue weighted by Gasteiger charge is -2.19. The molecule has 0 radical (unpaired) electrons. The van der Waals surface area contributed by atoms with E-state index in [0.717, 1.165) is 16.4 Å². The minimum Gasteiger partial charge on any atom is -0.207 e. The maximum atomic E-state index is 12.8. The predicted octanol–water partition coefficient (Wildman–Crippen LogP) is 4.05. The van der Waals surface area contributed by atoms with Crippen LogP contribution in [0.5, 0.6) is 0 Å². The third kappa shape index (κ3) is 4.31. The first-order valence-electron chi connectivity index (χ1n) is 6.88. The molecule has 0 aliphatic carbocycles. The van der Waals surface area contributed by atoms with Crippen LogP contribution < -0.4 is 0 Å². The van der Waals surface area contributed by atoms with E-state index in [4.69, 9.17) is 16.9 Å². The van der Waals surface area contributed by atoms with Gasteiger partial charge >= 0.3 is 6.18 Å². The fourth-order valence-corrected chi connectivity index (χ4v) is 3.78. The van der Waals surface area contributed by atoms with Gasteiger partial charge in [-0.25, -0.2) is 8.42 Å². The van der Waals surface area contributed by atoms with Gasteiger partial charge in [0.15, 0.2) is 0 Å². The van der Waals surface area contributed by atoms with Gasteiger partial charge in [-0.1, -0.05) is 23.7 Å². The summed E-state index contributed by atoms with van der Waals surface area (Å²) >= 11 is 5.81. The molecule has 0 heterocycles. The number of nitrogens with zero attached hydrogens (tertiary/aromatic N) is 2. The van der Waals surface area contributed by atoms with E-state index in [0.29, 0.717) is 17.2 Å². The zero-order valence-electron chi connectivity index (χ0n) is 12.9. The second-order valence-electron chi connectivity index (χ2n) is 5.22. The van der Waals surface area contributed by atoms with Crippen LogP contribution in [-0.2, 0) is 22.7 Å². The van der Waals surface area contributed by atoms with Crippen molar-refractivity contribution in [1.82, 2.24) is 4.31 Å². The lowest BCUT2D eigenvalue weighted by molar-refractivity contribution is -0.137. The molecule has 0 fully saturated rings. The lowest BCUT2D eigenvalue weighted by Crippen LogP contribution is -2.27. The molecule has 0 aromatic heterocycles. The molecule has 0 saturated carbocycles. The maximum absolute atomic E-state index is 12.8. The summed E-state index contributed by atoms with van der Waals surface area (Å²) in [5, 5.41) is 8.57. The van der Waals surface area contributed by atoms with Crippen molar-refractivity contribution < 1.29 is 21.6 Å². The third-order valence-corrected chi connectivity index (χ3v) is 5.69. The van der Waals surface area contributed by atoms with Gasteiger partial charge in [0, 0.05) is 13.6 Å². The summed E-state index contributed by atoms with van der Waals surface area (Å²) in [6.07, 6.45) is -4.69. The highest BCUT2D eigenvalue weighted by Gasteiger charge is 2.33. The SMILES string of the molecule is CN(Cc1cccc(C#N)c1)S(=O)(=O)c1cc(C(F)(F)F)ccc1Cl. The van der Waals surface area contributed by atoms with Crippen molar-refractivity contribution in [2.45, 2.75) is 17.6 Å². The second-order valence-corrected chi connectivity index (χ2v) is 7.64. The van der Waals surface area contributed by atoms with Gasteiger partial charge in [-0.3, -0.25) is 0 Å². The number of hydrogen-bond donors (Lipinski definition) is 0. The average Bonchev–Trinajstić information content (AvgIpc) is 2.54. The molecule has 2 aromatic rings. The molecule has 0 unspecified atom stereocenters. The Hall–Kier alpha value is -2.08. The summed E-state index contributed by atoms with van der Waals surface area (Å²) in [6.45, 7) is -0.121. The Balaban J connectivity index is 2.39. The minimum absolute atomic E-state index is 0.121. The summed E-state index contributed by atoms with van der Waals surface area (Å²) in [5.41, 5.74) is -0.232. The first kappa shape index (κ1) is 19.2. The first-order valence-corrected chi connectivity index (χ1v) is 8.69. The lowest BCUT2D eigenvalue weighted by atomic mass is 10.1. The summed E-state index contributed by atoms with van der Waals surface area (Å²) in [5.74, 6) is 0. The highest BCUT2D eigenvalue weighted by molar-refractivity contribution is 7.89. The quantitative estimate of drug-likeness (QED) is 0.793. The molecule has 0 saturated heterocycles. The largest absolute Gasteiger partial charge is 0.416 e. The van der Waals surface area contributed by atoms with Gasteiger partial charge in [-0.2, -0.15) is 22.7 Å². The van der Waals surface area contributed by atoms with E-state index < -0.39 is 26.7 Å². The Labute approximate surface area is 148 Å². The topological polar surface area (TPSA) is 61.2 Å². The van der Waals surface area contributed by atoms with Crippen molar-refractivity contribution in [3.05, 3.63) is 64.2 Å². The molecule has 132 valence electrons. The maximum Gasteiger partial charge on any atom is 0.416 e. The monoisotopic (exact) mass is 388 g/mol. The van der Waals surface area contributed by atoms with Crippen LogP contribution >= 0.6 is 11.6 Å². The normalized spacial score (nSPS) is 12.2. The Morgan fingerprint density at radius 1 is 1.20 bits per heavy atom. The van der Waals surface area contributed by atoms with Gasteiger partial charge in [0.25, 0.3) is 0 Å². The van der Waals surface area contributed by atoms with Gasteiger partial charge in [-0.15, -0.1) is 0 Å². The summed E-state index contributed by atoms with van der Waals surface area (Å²) < 4.78 is 64.6. The minimum atomic E-state index is -4.69. The fourth-order valence-electron chi connectivity index (χ4n) is 2.13. The van der Waals surface area contributed by atoms with Crippen molar-refractivity contribution in [1.29, 1.82) is 5.26 Å². The Bertz CT molecular complexity index is 937. The average molecular weight is 389 g/mol. The van der Waals surface area contributed by atoms with Crippen molar-refractivity contribution in [3.63, 3.8) is 0 Å². The van der Waals surface area contributed by atoms with Gasteiger partial charge in [0.05, 0.1) is 22.2 Å². The van der Waals surface area contributed by atoms with Crippen molar-refractivity contribution in [3.8, 4) is 6.07 Å². The van der Waals surface area contributed by atoms with Crippen LogP contribution in [0.1, 0.15) is 16.7 Å². The Morgan fingerprint density at radius 2 is 1.88 bits per heavy atom. The molecule has 0 spiro atoms. The predicted molar refractivity (Wildman–Crippen MR) is 86.3 cm³/mol. The smallest absolute Gasteiger partial charge is 0.207 e. The molecule has 0 aliphatic heterocycles. The van der Waals surface area contributed by atoms with Crippen LogP contribution in [0.25, 0.3) is 0 Å². The zero-order valence-corrected chi connectivity index (χ0v) is 14.5. The molecule has 2 rings (SSSR count).